The third kappa shape index (κ3) is 3.21. The summed E-state index contributed by atoms with van der Waals surface area (Å²) in [7, 11) is 0. The molecule has 0 spiro atoms. The number of ketones is 1. The minimum atomic E-state index is -0.296. The zero-order valence-corrected chi connectivity index (χ0v) is 18.0. The van der Waals surface area contributed by atoms with E-state index >= 15 is 0 Å². The van der Waals surface area contributed by atoms with Crippen molar-refractivity contribution in [2.24, 2.45) is 0 Å². The van der Waals surface area contributed by atoms with Crippen LogP contribution < -0.4 is 20.1 Å². The summed E-state index contributed by atoms with van der Waals surface area (Å²) in [5.74, 6) is 1.58. The smallest absolute Gasteiger partial charge is 0.231 e. The molecule has 0 amide bonds. The molecule has 2 N–H and O–H groups in total. The van der Waals surface area contributed by atoms with Crippen molar-refractivity contribution in [1.29, 1.82) is 0 Å². The van der Waals surface area contributed by atoms with Crippen LogP contribution in [0.4, 0.5) is 11.4 Å². The van der Waals surface area contributed by atoms with Crippen molar-refractivity contribution in [1.82, 2.24) is 0 Å². The van der Waals surface area contributed by atoms with Crippen LogP contribution in [0.25, 0.3) is 0 Å². The van der Waals surface area contributed by atoms with Gasteiger partial charge in [0.25, 0.3) is 0 Å². The van der Waals surface area contributed by atoms with Crippen molar-refractivity contribution < 1.29 is 14.3 Å². The molecule has 6 rings (SSSR count). The first-order chi connectivity index (χ1) is 15.7. The molecular formula is C26H21ClN2O3. The minimum Gasteiger partial charge on any atom is -0.454 e. The maximum atomic E-state index is 13.6. The number of carbonyl (C=O) groups excluding carboxylic acids is 1. The molecule has 0 aromatic heterocycles. The van der Waals surface area contributed by atoms with Gasteiger partial charge in [-0.05, 0) is 53.8 Å². The first-order valence-corrected chi connectivity index (χ1v) is 11.1. The van der Waals surface area contributed by atoms with Crippen molar-refractivity contribution in [2.45, 2.75) is 24.8 Å². The fraction of sp³-hybridized carbons (Fsp3) is 0.192. The van der Waals surface area contributed by atoms with Gasteiger partial charge in [-0.25, -0.2) is 0 Å². The number of ether oxygens (including phenoxy) is 2. The second-order valence-corrected chi connectivity index (χ2v) is 8.71. The van der Waals surface area contributed by atoms with E-state index in [2.05, 4.69) is 10.6 Å². The number of fused-ring (bicyclic) bond motifs is 2. The molecule has 2 atom stereocenters. The first kappa shape index (κ1) is 19.3. The van der Waals surface area contributed by atoms with Crippen LogP contribution in [0.1, 0.15) is 35.9 Å². The zero-order chi connectivity index (χ0) is 21.7. The lowest BCUT2D eigenvalue weighted by molar-refractivity contribution is -0.116. The maximum Gasteiger partial charge on any atom is 0.231 e. The molecule has 0 unspecified atom stereocenters. The van der Waals surface area contributed by atoms with E-state index < -0.39 is 0 Å². The van der Waals surface area contributed by atoms with E-state index in [0.29, 0.717) is 23.6 Å². The Balaban J connectivity index is 1.47. The predicted molar refractivity (Wildman–Crippen MR) is 124 cm³/mol. The van der Waals surface area contributed by atoms with E-state index in [0.717, 1.165) is 39.5 Å². The number of nitrogens with one attached hydrogen (secondary N) is 2. The molecule has 0 bridgehead atoms. The van der Waals surface area contributed by atoms with E-state index in [1.807, 2.05) is 66.7 Å². The Hall–Kier alpha value is -3.44. The third-order valence-electron chi connectivity index (χ3n) is 6.38. The summed E-state index contributed by atoms with van der Waals surface area (Å²) in [6.07, 6.45) is 1.13. The van der Waals surface area contributed by atoms with E-state index in [9.17, 15) is 4.79 Å². The highest BCUT2D eigenvalue weighted by Gasteiger charge is 2.37. The number of rotatable bonds is 2. The molecule has 5 nitrogen and oxygen atoms in total. The average molecular weight is 445 g/mol. The quantitative estimate of drug-likeness (QED) is 0.504. The highest BCUT2D eigenvalue weighted by atomic mass is 35.5. The van der Waals surface area contributed by atoms with Gasteiger partial charge in [-0.3, -0.25) is 4.79 Å². The molecule has 3 aromatic carbocycles. The van der Waals surface area contributed by atoms with Gasteiger partial charge in [-0.2, -0.15) is 0 Å². The summed E-state index contributed by atoms with van der Waals surface area (Å²) in [6, 6.07) is 21.4. The molecule has 0 saturated carbocycles. The van der Waals surface area contributed by atoms with Crippen LogP contribution in [-0.4, -0.2) is 12.6 Å². The molecule has 2 heterocycles. The molecule has 1 aliphatic carbocycles. The van der Waals surface area contributed by atoms with Crippen molar-refractivity contribution >= 4 is 28.8 Å². The summed E-state index contributed by atoms with van der Waals surface area (Å²) in [6.45, 7) is 0.216. The normalized spacial score (nSPS) is 21.2. The molecule has 0 radical (unpaired) electrons. The van der Waals surface area contributed by atoms with Crippen molar-refractivity contribution in [3.05, 3.63) is 94.1 Å². The second-order valence-electron chi connectivity index (χ2n) is 8.30. The van der Waals surface area contributed by atoms with Gasteiger partial charge < -0.3 is 20.1 Å². The molecular weight excluding hydrogens is 424 g/mol. The summed E-state index contributed by atoms with van der Waals surface area (Å²) in [5, 5.41) is 7.86. The predicted octanol–water partition coefficient (Wildman–Crippen LogP) is 6.05. The topological polar surface area (TPSA) is 59.6 Å². The molecule has 32 heavy (non-hydrogen) atoms. The van der Waals surface area contributed by atoms with Crippen molar-refractivity contribution in [2.75, 3.05) is 17.4 Å². The zero-order valence-electron chi connectivity index (χ0n) is 17.2. The van der Waals surface area contributed by atoms with E-state index in [1.54, 1.807) is 0 Å². The van der Waals surface area contributed by atoms with Crippen LogP contribution in [-0.2, 0) is 4.79 Å². The standard InChI is InChI=1S/C26H21ClN2O3/c27-18-6-2-1-5-17(18)16-11-21-25(22(30)12-16)26(29-20-8-4-3-7-19(20)28-21)15-9-10-23-24(13-15)32-14-31-23/h1-10,13,16,26,28-29H,11-12,14H2/t16-,26+/m0/s1. The SMILES string of the molecule is O=C1C[C@@H](c2ccccc2Cl)CC2=C1[C@@H](c1ccc3c(c1)OCO3)Nc1ccccc1N2. The Morgan fingerprint density at radius 3 is 2.53 bits per heavy atom. The summed E-state index contributed by atoms with van der Waals surface area (Å²) < 4.78 is 11.1. The summed E-state index contributed by atoms with van der Waals surface area (Å²) >= 11 is 6.49. The molecule has 0 saturated heterocycles. The van der Waals surface area contributed by atoms with Gasteiger partial charge in [0.15, 0.2) is 17.3 Å². The fourth-order valence-electron chi connectivity index (χ4n) is 4.86. The lowest BCUT2D eigenvalue weighted by atomic mass is 9.78. The monoisotopic (exact) mass is 444 g/mol. The molecule has 2 aliphatic heterocycles. The second kappa shape index (κ2) is 7.61. The van der Waals surface area contributed by atoms with E-state index in [4.69, 9.17) is 21.1 Å². The Kier molecular flexibility index (Phi) is 4.58. The van der Waals surface area contributed by atoms with Gasteiger partial charge in [-0.1, -0.05) is 48.0 Å². The summed E-state index contributed by atoms with van der Waals surface area (Å²) in [5.41, 5.74) is 5.59. The Morgan fingerprint density at radius 1 is 0.875 bits per heavy atom. The summed E-state index contributed by atoms with van der Waals surface area (Å²) in [4.78, 5) is 13.6. The molecule has 3 aliphatic rings. The van der Waals surface area contributed by atoms with E-state index in [1.165, 1.54) is 0 Å². The minimum absolute atomic E-state index is 0.0325. The van der Waals surface area contributed by atoms with Crippen LogP contribution in [0.5, 0.6) is 11.5 Å². The average Bonchev–Trinajstić information content (AvgIpc) is 3.20. The highest BCUT2D eigenvalue weighted by Crippen LogP contribution is 2.46. The fourth-order valence-corrected chi connectivity index (χ4v) is 5.15. The lowest BCUT2D eigenvalue weighted by Gasteiger charge is -2.30. The van der Waals surface area contributed by atoms with Gasteiger partial charge in [0, 0.05) is 22.7 Å². The van der Waals surface area contributed by atoms with Gasteiger partial charge in [0.05, 0.1) is 17.4 Å². The third-order valence-corrected chi connectivity index (χ3v) is 6.73. The van der Waals surface area contributed by atoms with Crippen LogP contribution in [0.15, 0.2) is 78.0 Å². The van der Waals surface area contributed by atoms with Crippen LogP contribution in [0.2, 0.25) is 5.02 Å². The highest BCUT2D eigenvalue weighted by molar-refractivity contribution is 6.31. The van der Waals surface area contributed by atoms with Gasteiger partial charge in [-0.15, -0.1) is 0 Å². The number of anilines is 2. The van der Waals surface area contributed by atoms with Crippen LogP contribution in [0, 0.1) is 0 Å². The first-order valence-electron chi connectivity index (χ1n) is 10.7. The number of allylic oxidation sites excluding steroid dienone is 1. The number of hydrogen-bond acceptors (Lipinski definition) is 5. The molecule has 160 valence electrons. The number of carbonyl (C=O) groups is 1. The van der Waals surface area contributed by atoms with Gasteiger partial charge in [0.2, 0.25) is 6.79 Å². The van der Waals surface area contributed by atoms with Crippen LogP contribution in [0.3, 0.4) is 0 Å². The largest absolute Gasteiger partial charge is 0.454 e. The Bertz CT molecular complexity index is 1270. The molecule has 3 aromatic rings. The Morgan fingerprint density at radius 2 is 1.66 bits per heavy atom. The van der Waals surface area contributed by atoms with Crippen molar-refractivity contribution in [3.63, 3.8) is 0 Å². The number of hydrogen-bond donors (Lipinski definition) is 2. The Labute approximate surface area is 191 Å². The molecule has 6 heteroatoms. The van der Waals surface area contributed by atoms with Crippen molar-refractivity contribution in [3.8, 4) is 11.5 Å². The van der Waals surface area contributed by atoms with Crippen LogP contribution >= 0.6 is 11.6 Å². The van der Waals surface area contributed by atoms with E-state index in [-0.39, 0.29) is 24.5 Å². The lowest BCUT2D eigenvalue weighted by Crippen LogP contribution is -2.27. The number of benzene rings is 3. The number of para-hydroxylation sites is 2. The maximum absolute atomic E-state index is 13.6. The van der Waals surface area contributed by atoms with Gasteiger partial charge >= 0.3 is 0 Å². The van der Waals surface area contributed by atoms with Gasteiger partial charge in [0.1, 0.15) is 0 Å². The molecule has 0 fully saturated rings. The number of halogens is 1. The number of Topliss-reactive ketones (excluding diaryl/α,β-unsaturated/α-hetero) is 1.